The number of pyridine rings is 1. The van der Waals surface area contributed by atoms with Crippen LogP contribution in [0, 0.1) is 5.41 Å². The summed E-state index contributed by atoms with van der Waals surface area (Å²) in [5.74, 6) is 0.923. The Kier molecular flexibility index (Phi) is 3.32. The Morgan fingerprint density at radius 3 is 2.47 bits per heavy atom. The fourth-order valence-electron chi connectivity index (χ4n) is 1.97. The lowest BCUT2D eigenvalue weighted by atomic mass is 9.81. The normalized spacial score (nSPS) is 16.2. The molecule has 0 amide bonds. The minimum Gasteiger partial charge on any atom is -0.344 e. The van der Waals surface area contributed by atoms with Gasteiger partial charge in [0.05, 0.1) is 0 Å². The second-order valence-corrected chi connectivity index (χ2v) is 5.47. The lowest BCUT2D eigenvalue weighted by Gasteiger charge is -2.26. The van der Waals surface area contributed by atoms with Gasteiger partial charge < -0.3 is 5.32 Å². The summed E-state index contributed by atoms with van der Waals surface area (Å²) in [7, 11) is 0. The molecule has 1 aromatic heterocycles. The number of hydrogen-bond donors (Lipinski definition) is 1. The van der Waals surface area contributed by atoms with Crippen LogP contribution in [0.3, 0.4) is 0 Å². The number of aromatic nitrogens is 1. The molecule has 0 bridgehead atoms. The Bertz CT molecular complexity index is 436. The molecule has 1 aliphatic rings. The van der Waals surface area contributed by atoms with E-state index in [1.165, 1.54) is 11.3 Å². The highest BCUT2D eigenvalue weighted by Gasteiger charge is 2.18. The lowest BCUT2D eigenvalue weighted by molar-refractivity contribution is 0.479. The van der Waals surface area contributed by atoms with Crippen LogP contribution in [0.5, 0.6) is 0 Å². The van der Waals surface area contributed by atoms with Crippen molar-refractivity contribution < 1.29 is 0 Å². The zero-order chi connectivity index (χ0) is 12.3. The number of anilines is 1. The van der Waals surface area contributed by atoms with Crippen molar-refractivity contribution in [2.24, 2.45) is 5.41 Å². The summed E-state index contributed by atoms with van der Waals surface area (Å²) in [4.78, 5) is 4.27. The summed E-state index contributed by atoms with van der Waals surface area (Å²) in [5.41, 5.74) is 3.05. The van der Waals surface area contributed by atoms with Crippen molar-refractivity contribution in [1.29, 1.82) is 0 Å². The third-order valence-electron chi connectivity index (χ3n) is 3.07. The van der Waals surface area contributed by atoms with E-state index < -0.39 is 0 Å². The van der Waals surface area contributed by atoms with E-state index in [1.807, 2.05) is 24.4 Å². The molecule has 90 valence electrons. The minimum absolute atomic E-state index is 0.285. The molecule has 2 heteroatoms. The predicted molar refractivity (Wildman–Crippen MR) is 72.7 cm³/mol. The monoisotopic (exact) mass is 228 g/mol. The van der Waals surface area contributed by atoms with E-state index >= 15 is 0 Å². The molecule has 1 aliphatic carbocycles. The molecule has 0 aliphatic heterocycles. The Labute approximate surface area is 103 Å². The summed E-state index contributed by atoms with van der Waals surface area (Å²) in [6.45, 7) is 6.80. The average Bonchev–Trinajstić information content (AvgIpc) is 2.30. The van der Waals surface area contributed by atoms with Crippen LogP contribution < -0.4 is 5.32 Å². The van der Waals surface area contributed by atoms with Gasteiger partial charge in [0.15, 0.2) is 0 Å². The van der Waals surface area contributed by atoms with Gasteiger partial charge in [-0.15, -0.1) is 0 Å². The molecule has 0 aromatic carbocycles. The van der Waals surface area contributed by atoms with Crippen LogP contribution in [-0.2, 0) is 0 Å². The molecule has 17 heavy (non-hydrogen) atoms. The van der Waals surface area contributed by atoms with Crippen molar-refractivity contribution in [3.8, 4) is 0 Å². The van der Waals surface area contributed by atoms with Crippen LogP contribution in [0.2, 0.25) is 0 Å². The van der Waals surface area contributed by atoms with Gasteiger partial charge in [-0.1, -0.05) is 38.5 Å². The first-order chi connectivity index (χ1) is 8.05. The van der Waals surface area contributed by atoms with Crippen LogP contribution in [0.25, 0.3) is 0 Å². The zero-order valence-electron chi connectivity index (χ0n) is 10.8. The van der Waals surface area contributed by atoms with Crippen LogP contribution in [-0.4, -0.2) is 4.98 Å². The third-order valence-corrected chi connectivity index (χ3v) is 3.07. The first kappa shape index (κ1) is 11.9. The van der Waals surface area contributed by atoms with Gasteiger partial charge in [-0.3, -0.25) is 0 Å². The van der Waals surface area contributed by atoms with Gasteiger partial charge in [0.2, 0.25) is 0 Å². The maximum Gasteiger partial charge on any atom is 0.130 e. The first-order valence-electron chi connectivity index (χ1n) is 6.14. The fourth-order valence-corrected chi connectivity index (χ4v) is 1.97. The highest BCUT2D eigenvalue weighted by atomic mass is 15.0. The number of rotatable bonds is 2. The third kappa shape index (κ3) is 3.19. The topological polar surface area (TPSA) is 24.9 Å². The summed E-state index contributed by atoms with van der Waals surface area (Å²) in [6, 6.07) is 5.91. The highest BCUT2D eigenvalue weighted by Crippen LogP contribution is 2.32. The first-order valence-corrected chi connectivity index (χ1v) is 6.14. The molecule has 0 atom stereocenters. The van der Waals surface area contributed by atoms with E-state index in [0.29, 0.717) is 0 Å². The average molecular weight is 228 g/mol. The van der Waals surface area contributed by atoms with Gasteiger partial charge in [0.1, 0.15) is 5.82 Å². The molecule has 2 nitrogen and oxygen atoms in total. The maximum absolute atomic E-state index is 4.27. The SMILES string of the molecule is CC(C)(C)C1=CC=C(Nc2ccccn2)CC1. The summed E-state index contributed by atoms with van der Waals surface area (Å²) in [5, 5.41) is 3.36. The van der Waals surface area contributed by atoms with Crippen LogP contribution in [0.4, 0.5) is 5.82 Å². The van der Waals surface area contributed by atoms with E-state index in [9.17, 15) is 0 Å². The predicted octanol–water partition coefficient (Wildman–Crippen LogP) is 4.14. The van der Waals surface area contributed by atoms with E-state index in [-0.39, 0.29) is 5.41 Å². The molecular formula is C15H20N2. The largest absolute Gasteiger partial charge is 0.344 e. The van der Waals surface area contributed by atoms with Crippen LogP contribution >= 0.6 is 0 Å². The van der Waals surface area contributed by atoms with Gasteiger partial charge in [-0.25, -0.2) is 4.98 Å². The Hall–Kier alpha value is -1.57. The number of hydrogen-bond acceptors (Lipinski definition) is 2. The van der Waals surface area contributed by atoms with Crippen molar-refractivity contribution in [3.05, 3.63) is 47.8 Å². The van der Waals surface area contributed by atoms with Gasteiger partial charge in [0, 0.05) is 11.9 Å². The standard InChI is InChI=1S/C15H20N2/c1-15(2,3)12-7-9-13(10-8-12)17-14-6-4-5-11-16-14/h4-7,9,11H,8,10H2,1-3H3,(H,16,17). The molecular weight excluding hydrogens is 208 g/mol. The van der Waals surface area contributed by atoms with E-state index in [2.05, 4.69) is 43.2 Å². The second-order valence-electron chi connectivity index (χ2n) is 5.47. The van der Waals surface area contributed by atoms with Gasteiger partial charge in [-0.2, -0.15) is 0 Å². The summed E-state index contributed by atoms with van der Waals surface area (Å²) in [6.07, 6.45) is 8.44. The lowest BCUT2D eigenvalue weighted by Crippen LogP contribution is -2.13. The molecule has 0 spiro atoms. The fraction of sp³-hybridized carbons (Fsp3) is 0.400. The molecule has 0 fully saturated rings. The van der Waals surface area contributed by atoms with E-state index in [0.717, 1.165) is 18.7 Å². The second kappa shape index (κ2) is 4.74. The van der Waals surface area contributed by atoms with Crippen LogP contribution in [0.1, 0.15) is 33.6 Å². The van der Waals surface area contributed by atoms with Gasteiger partial charge in [0.25, 0.3) is 0 Å². The van der Waals surface area contributed by atoms with Gasteiger partial charge in [-0.05, 0) is 36.5 Å². The van der Waals surface area contributed by atoms with Crippen LogP contribution in [0.15, 0.2) is 47.8 Å². The van der Waals surface area contributed by atoms with Crippen molar-refractivity contribution in [3.63, 3.8) is 0 Å². The molecule has 0 saturated heterocycles. The summed E-state index contributed by atoms with van der Waals surface area (Å²) < 4.78 is 0. The maximum atomic E-state index is 4.27. The van der Waals surface area contributed by atoms with Crippen molar-refractivity contribution >= 4 is 5.82 Å². The zero-order valence-corrected chi connectivity index (χ0v) is 10.8. The number of nitrogens with zero attached hydrogens (tertiary/aromatic N) is 1. The number of nitrogens with one attached hydrogen (secondary N) is 1. The molecule has 2 rings (SSSR count). The molecule has 1 aromatic rings. The molecule has 0 radical (unpaired) electrons. The molecule has 0 saturated carbocycles. The van der Waals surface area contributed by atoms with Crippen molar-refractivity contribution in [2.75, 3.05) is 5.32 Å². The minimum atomic E-state index is 0.285. The highest BCUT2D eigenvalue weighted by molar-refractivity contribution is 5.43. The molecule has 1 heterocycles. The molecule has 1 N–H and O–H groups in total. The summed E-state index contributed by atoms with van der Waals surface area (Å²) >= 11 is 0. The molecule has 0 unspecified atom stereocenters. The van der Waals surface area contributed by atoms with E-state index in [1.54, 1.807) is 0 Å². The Morgan fingerprint density at radius 2 is 1.94 bits per heavy atom. The van der Waals surface area contributed by atoms with E-state index in [4.69, 9.17) is 0 Å². The quantitative estimate of drug-likeness (QED) is 0.822. The Balaban J connectivity index is 2.06. The number of allylic oxidation sites excluding steroid dienone is 4. The smallest absolute Gasteiger partial charge is 0.130 e. The van der Waals surface area contributed by atoms with Crippen molar-refractivity contribution in [1.82, 2.24) is 4.98 Å². The van der Waals surface area contributed by atoms with Crippen molar-refractivity contribution in [2.45, 2.75) is 33.6 Å². The Morgan fingerprint density at radius 1 is 1.12 bits per heavy atom. The van der Waals surface area contributed by atoms with Gasteiger partial charge >= 0.3 is 0 Å².